The van der Waals surface area contributed by atoms with Crippen LogP contribution in [0.1, 0.15) is 26.7 Å². The van der Waals surface area contributed by atoms with Crippen LogP contribution in [0.5, 0.6) is 0 Å². The van der Waals surface area contributed by atoms with Gasteiger partial charge in [-0.15, -0.1) is 0 Å². The molecule has 16 heavy (non-hydrogen) atoms. The Bertz CT molecular complexity index is 341. The highest BCUT2D eigenvalue weighted by molar-refractivity contribution is 8.06. The van der Waals surface area contributed by atoms with Crippen LogP contribution in [0.4, 0.5) is 0 Å². The molecule has 0 atom stereocenters. The van der Waals surface area contributed by atoms with Gasteiger partial charge in [-0.2, -0.15) is 0 Å². The van der Waals surface area contributed by atoms with Crippen molar-refractivity contribution in [2.24, 2.45) is 0 Å². The summed E-state index contributed by atoms with van der Waals surface area (Å²) in [6.07, 6.45) is 2.18. The molecule has 0 unspecified atom stereocenters. The molecule has 1 rings (SSSR count). The van der Waals surface area contributed by atoms with E-state index >= 15 is 0 Å². The van der Waals surface area contributed by atoms with Gasteiger partial charge in [0.25, 0.3) is 0 Å². The van der Waals surface area contributed by atoms with Crippen molar-refractivity contribution in [3.05, 3.63) is 22.5 Å². The van der Waals surface area contributed by atoms with Crippen molar-refractivity contribution in [3.8, 4) is 0 Å². The molecule has 88 valence electrons. The van der Waals surface area contributed by atoms with Gasteiger partial charge in [-0.25, -0.2) is 0 Å². The Hall–Kier alpha value is -1.03. The summed E-state index contributed by atoms with van der Waals surface area (Å²) in [5.41, 5.74) is 0.675. The molecular formula is C12H17NO2S. The van der Waals surface area contributed by atoms with Crippen LogP contribution in [0.3, 0.4) is 0 Å². The summed E-state index contributed by atoms with van der Waals surface area (Å²) in [6, 6.07) is 0. The van der Waals surface area contributed by atoms with Crippen LogP contribution in [0.25, 0.3) is 0 Å². The molecular weight excluding hydrogens is 222 g/mol. The molecule has 0 aromatic heterocycles. The first kappa shape index (κ1) is 13.0. The standard InChI is InChI=1S/C12H17NO2S/c1-9(8-16-11(3)10(2)14)12(15)13-6-4-5-7-13/h8H,3-7H2,1-2H3/b9-8+. The van der Waals surface area contributed by atoms with Gasteiger partial charge in [-0.1, -0.05) is 18.3 Å². The Morgan fingerprint density at radius 2 is 1.81 bits per heavy atom. The van der Waals surface area contributed by atoms with Crippen molar-refractivity contribution < 1.29 is 9.59 Å². The molecule has 1 amide bonds. The second kappa shape index (κ2) is 5.89. The maximum Gasteiger partial charge on any atom is 0.250 e. The number of allylic oxidation sites excluding steroid dienone is 1. The molecule has 1 aliphatic heterocycles. The summed E-state index contributed by atoms with van der Waals surface area (Å²) in [5.74, 6) is 0.0176. The summed E-state index contributed by atoms with van der Waals surface area (Å²) in [5, 5.41) is 1.71. The van der Waals surface area contributed by atoms with E-state index < -0.39 is 0 Å². The third kappa shape index (κ3) is 3.52. The van der Waals surface area contributed by atoms with Crippen molar-refractivity contribution in [3.63, 3.8) is 0 Å². The van der Waals surface area contributed by atoms with Crippen molar-refractivity contribution in [1.29, 1.82) is 0 Å². The Morgan fingerprint density at radius 1 is 1.25 bits per heavy atom. The largest absolute Gasteiger partial charge is 0.339 e. The number of nitrogens with zero attached hydrogens (tertiary/aromatic N) is 1. The molecule has 4 heteroatoms. The van der Waals surface area contributed by atoms with Crippen molar-refractivity contribution in [2.75, 3.05) is 13.1 Å². The van der Waals surface area contributed by atoms with Crippen LogP contribution < -0.4 is 0 Å². The number of carbonyl (C=O) groups is 2. The summed E-state index contributed by atoms with van der Waals surface area (Å²) in [6.45, 7) is 8.58. The number of rotatable bonds is 4. The number of likely N-dealkylation sites (tertiary alicyclic amines) is 1. The van der Waals surface area contributed by atoms with Gasteiger partial charge in [0.1, 0.15) is 0 Å². The normalized spacial score (nSPS) is 16.4. The van der Waals surface area contributed by atoms with E-state index in [2.05, 4.69) is 6.58 Å². The highest BCUT2D eigenvalue weighted by atomic mass is 32.2. The molecule has 1 saturated heterocycles. The van der Waals surface area contributed by atoms with Crippen molar-refractivity contribution in [1.82, 2.24) is 4.90 Å². The average Bonchev–Trinajstić information content (AvgIpc) is 2.77. The fourth-order valence-corrected chi connectivity index (χ4v) is 2.05. The lowest BCUT2D eigenvalue weighted by molar-refractivity contribution is -0.126. The first-order chi connectivity index (χ1) is 7.52. The molecule has 1 heterocycles. The summed E-state index contributed by atoms with van der Waals surface area (Å²) < 4.78 is 0. The quantitative estimate of drug-likeness (QED) is 0.707. The first-order valence-electron chi connectivity index (χ1n) is 5.35. The molecule has 1 fully saturated rings. The van der Waals surface area contributed by atoms with E-state index in [-0.39, 0.29) is 11.7 Å². The zero-order valence-corrected chi connectivity index (χ0v) is 10.6. The first-order valence-corrected chi connectivity index (χ1v) is 6.23. The van der Waals surface area contributed by atoms with Gasteiger partial charge >= 0.3 is 0 Å². The van der Waals surface area contributed by atoms with Gasteiger partial charge in [0.15, 0.2) is 5.78 Å². The highest BCUT2D eigenvalue weighted by Crippen LogP contribution is 2.19. The SMILES string of the molecule is C=C(S/C=C(\C)C(=O)N1CCCC1)C(C)=O. The van der Waals surface area contributed by atoms with Crippen LogP contribution >= 0.6 is 11.8 Å². The Kier molecular flexibility index (Phi) is 4.80. The number of Topliss-reactive ketones (excluding diaryl/α,β-unsaturated/α-hetero) is 1. The van der Waals surface area contributed by atoms with Gasteiger partial charge in [-0.3, -0.25) is 9.59 Å². The number of hydrogen-bond donors (Lipinski definition) is 0. The molecule has 0 aromatic rings. The third-order valence-electron chi connectivity index (χ3n) is 2.50. The lowest BCUT2D eigenvalue weighted by Gasteiger charge is -2.15. The predicted octanol–water partition coefficient (Wildman–Crippen LogP) is 2.35. The van der Waals surface area contributed by atoms with Gasteiger partial charge in [0.05, 0.1) is 0 Å². The van der Waals surface area contributed by atoms with Gasteiger partial charge in [-0.05, 0) is 32.1 Å². The Morgan fingerprint density at radius 3 is 2.31 bits per heavy atom. The van der Waals surface area contributed by atoms with Crippen LogP contribution in [0, 0.1) is 0 Å². The Labute approximate surface area is 101 Å². The molecule has 0 saturated carbocycles. The number of hydrogen-bond acceptors (Lipinski definition) is 3. The molecule has 0 aliphatic carbocycles. The number of ketones is 1. The monoisotopic (exact) mass is 239 g/mol. The van der Waals surface area contributed by atoms with Gasteiger partial charge in [0.2, 0.25) is 5.91 Å². The fourth-order valence-electron chi connectivity index (χ4n) is 1.46. The van der Waals surface area contributed by atoms with Crippen LogP contribution in [0.2, 0.25) is 0 Å². The minimum atomic E-state index is -0.0531. The van der Waals surface area contributed by atoms with Crippen LogP contribution in [-0.4, -0.2) is 29.7 Å². The van der Waals surface area contributed by atoms with E-state index in [9.17, 15) is 9.59 Å². The van der Waals surface area contributed by atoms with Crippen molar-refractivity contribution in [2.45, 2.75) is 26.7 Å². The average molecular weight is 239 g/mol. The van der Waals surface area contributed by atoms with Crippen LogP contribution in [-0.2, 0) is 9.59 Å². The molecule has 0 radical (unpaired) electrons. The minimum Gasteiger partial charge on any atom is -0.339 e. The molecule has 0 N–H and O–H groups in total. The fraction of sp³-hybridized carbons (Fsp3) is 0.500. The lowest BCUT2D eigenvalue weighted by Crippen LogP contribution is -2.28. The zero-order chi connectivity index (χ0) is 12.1. The minimum absolute atomic E-state index is 0.0531. The summed E-state index contributed by atoms with van der Waals surface area (Å²) in [7, 11) is 0. The molecule has 0 bridgehead atoms. The Balaban J connectivity index is 2.52. The molecule has 0 aromatic carbocycles. The number of carbonyl (C=O) groups excluding carboxylic acids is 2. The molecule has 1 aliphatic rings. The van der Waals surface area contributed by atoms with Crippen LogP contribution in [0.15, 0.2) is 22.5 Å². The zero-order valence-electron chi connectivity index (χ0n) is 9.78. The molecule has 0 spiro atoms. The number of thioether (sulfide) groups is 1. The van der Waals surface area contributed by atoms with E-state index in [1.807, 2.05) is 4.90 Å². The molecule has 3 nitrogen and oxygen atoms in total. The van der Waals surface area contributed by atoms with E-state index in [4.69, 9.17) is 0 Å². The maximum absolute atomic E-state index is 11.9. The highest BCUT2D eigenvalue weighted by Gasteiger charge is 2.18. The second-order valence-corrected chi connectivity index (χ2v) is 4.86. The lowest BCUT2D eigenvalue weighted by atomic mass is 10.3. The third-order valence-corrected chi connectivity index (χ3v) is 3.54. The predicted molar refractivity (Wildman–Crippen MR) is 67.0 cm³/mol. The van der Waals surface area contributed by atoms with Gasteiger partial charge in [0, 0.05) is 23.6 Å². The second-order valence-electron chi connectivity index (χ2n) is 3.90. The van der Waals surface area contributed by atoms with E-state index in [1.54, 1.807) is 12.3 Å². The van der Waals surface area contributed by atoms with Crippen molar-refractivity contribution >= 4 is 23.5 Å². The van der Waals surface area contributed by atoms with E-state index in [0.717, 1.165) is 25.9 Å². The number of amides is 1. The summed E-state index contributed by atoms with van der Waals surface area (Å²) >= 11 is 1.23. The van der Waals surface area contributed by atoms with E-state index in [0.29, 0.717) is 10.5 Å². The maximum atomic E-state index is 11.9. The van der Waals surface area contributed by atoms with E-state index in [1.165, 1.54) is 18.7 Å². The summed E-state index contributed by atoms with van der Waals surface area (Å²) in [4.78, 5) is 25.1. The smallest absolute Gasteiger partial charge is 0.250 e. The van der Waals surface area contributed by atoms with Gasteiger partial charge < -0.3 is 4.90 Å². The topological polar surface area (TPSA) is 37.4 Å².